The van der Waals surface area contributed by atoms with Crippen molar-refractivity contribution in [3.8, 4) is 0 Å². The highest BCUT2D eigenvalue weighted by molar-refractivity contribution is 6.01. The Morgan fingerprint density at radius 2 is 2.20 bits per heavy atom. The van der Waals surface area contributed by atoms with Crippen molar-refractivity contribution in [2.24, 2.45) is 5.73 Å². The molecule has 7 heteroatoms. The number of amides is 3. The van der Waals surface area contributed by atoms with Crippen LogP contribution in [0.1, 0.15) is 15.9 Å². The summed E-state index contributed by atoms with van der Waals surface area (Å²) in [5.74, 6) is -0.876. The first-order valence-corrected chi connectivity index (χ1v) is 6.13. The molecule has 0 bridgehead atoms. The van der Waals surface area contributed by atoms with Gasteiger partial charge in [-0.15, -0.1) is 0 Å². The highest BCUT2D eigenvalue weighted by Gasteiger charge is 2.18. The molecule has 4 N–H and O–H groups in total. The third-order valence-electron chi connectivity index (χ3n) is 2.77. The lowest BCUT2D eigenvalue weighted by atomic mass is 10.1. The van der Waals surface area contributed by atoms with Gasteiger partial charge in [-0.1, -0.05) is 0 Å². The number of nitrogens with one attached hydrogen (secondary N) is 2. The maximum atomic E-state index is 11.9. The first-order chi connectivity index (χ1) is 9.56. The van der Waals surface area contributed by atoms with Gasteiger partial charge in [-0.25, -0.2) is 0 Å². The van der Waals surface area contributed by atoms with Crippen molar-refractivity contribution in [1.29, 1.82) is 0 Å². The maximum Gasteiger partial charge on any atom is 0.251 e. The molecule has 2 rings (SSSR count). The Hall–Kier alpha value is -2.41. The van der Waals surface area contributed by atoms with E-state index in [1.807, 2.05) is 0 Å². The second kappa shape index (κ2) is 6.16. The average Bonchev–Trinajstić information content (AvgIpc) is 2.76. The van der Waals surface area contributed by atoms with Crippen LogP contribution in [0.3, 0.4) is 0 Å². The van der Waals surface area contributed by atoms with Crippen LogP contribution in [0.5, 0.6) is 0 Å². The zero-order valence-electron chi connectivity index (χ0n) is 10.8. The highest BCUT2D eigenvalue weighted by atomic mass is 16.5. The summed E-state index contributed by atoms with van der Waals surface area (Å²) >= 11 is 0. The minimum absolute atomic E-state index is 0.0718. The molecule has 0 aliphatic carbocycles. The van der Waals surface area contributed by atoms with Gasteiger partial charge in [-0.3, -0.25) is 14.4 Å². The molecule has 1 aromatic carbocycles. The van der Waals surface area contributed by atoms with Crippen LogP contribution < -0.4 is 16.4 Å². The molecule has 0 radical (unpaired) electrons. The summed E-state index contributed by atoms with van der Waals surface area (Å²) in [6.45, 7) is 0.322. The smallest absolute Gasteiger partial charge is 0.251 e. The highest BCUT2D eigenvalue weighted by Crippen LogP contribution is 2.23. The van der Waals surface area contributed by atoms with Crippen LogP contribution in [-0.2, 0) is 20.7 Å². The standard InChI is InChI=1S/C13H15N3O4/c14-11(17)7-20-4-3-15-13(19)8-1-2-10-9(5-8)6-12(18)16-10/h1-2,5H,3-4,6-7H2,(H2,14,17)(H,15,19)(H,16,18). The van der Waals surface area contributed by atoms with Crippen LogP contribution in [0.4, 0.5) is 5.69 Å². The van der Waals surface area contributed by atoms with Crippen molar-refractivity contribution in [3.05, 3.63) is 29.3 Å². The molecule has 0 atom stereocenters. The summed E-state index contributed by atoms with van der Waals surface area (Å²) in [5, 5.41) is 5.35. The zero-order valence-corrected chi connectivity index (χ0v) is 10.8. The zero-order chi connectivity index (χ0) is 14.5. The Kier molecular flexibility index (Phi) is 4.31. The minimum Gasteiger partial charge on any atom is -0.370 e. The number of ether oxygens (including phenoxy) is 1. The number of primary amides is 1. The van der Waals surface area contributed by atoms with Crippen LogP contribution in [-0.4, -0.2) is 37.5 Å². The molecular formula is C13H15N3O4. The van der Waals surface area contributed by atoms with Gasteiger partial charge in [0.05, 0.1) is 13.0 Å². The molecule has 20 heavy (non-hydrogen) atoms. The Labute approximate surface area is 115 Å². The number of nitrogens with two attached hydrogens (primary N) is 1. The van der Waals surface area contributed by atoms with Gasteiger partial charge in [-0.05, 0) is 23.8 Å². The largest absolute Gasteiger partial charge is 0.370 e. The SMILES string of the molecule is NC(=O)COCCNC(=O)c1ccc2c(c1)CC(=O)N2. The first-order valence-electron chi connectivity index (χ1n) is 6.13. The van der Waals surface area contributed by atoms with E-state index in [2.05, 4.69) is 10.6 Å². The van der Waals surface area contributed by atoms with Crippen molar-refractivity contribution < 1.29 is 19.1 Å². The summed E-state index contributed by atoms with van der Waals surface area (Å²) in [4.78, 5) is 33.5. The van der Waals surface area contributed by atoms with E-state index in [-0.39, 0.29) is 38.0 Å². The van der Waals surface area contributed by atoms with Gasteiger partial charge >= 0.3 is 0 Å². The molecule has 0 saturated carbocycles. The van der Waals surface area contributed by atoms with Crippen LogP contribution in [0.2, 0.25) is 0 Å². The van der Waals surface area contributed by atoms with Crippen molar-refractivity contribution in [2.45, 2.75) is 6.42 Å². The third kappa shape index (κ3) is 3.55. The third-order valence-corrected chi connectivity index (χ3v) is 2.77. The summed E-state index contributed by atoms with van der Waals surface area (Å²) in [6, 6.07) is 5.04. The lowest BCUT2D eigenvalue weighted by Crippen LogP contribution is -2.28. The summed E-state index contributed by atoms with van der Waals surface area (Å²) in [5.41, 5.74) is 6.94. The van der Waals surface area contributed by atoms with Crippen LogP contribution >= 0.6 is 0 Å². The number of benzene rings is 1. The molecule has 0 fully saturated rings. The fourth-order valence-corrected chi connectivity index (χ4v) is 1.88. The minimum atomic E-state index is -0.549. The van der Waals surface area contributed by atoms with Gasteiger partial charge in [0.1, 0.15) is 6.61 Å². The Bertz CT molecular complexity index is 557. The van der Waals surface area contributed by atoms with E-state index in [0.29, 0.717) is 5.56 Å². The lowest BCUT2D eigenvalue weighted by molar-refractivity contribution is -0.122. The Balaban J connectivity index is 1.83. The van der Waals surface area contributed by atoms with E-state index >= 15 is 0 Å². The van der Waals surface area contributed by atoms with Gasteiger partial charge in [0.25, 0.3) is 5.91 Å². The van der Waals surface area contributed by atoms with Crippen LogP contribution in [0.25, 0.3) is 0 Å². The summed E-state index contributed by atoms with van der Waals surface area (Å²) in [7, 11) is 0. The van der Waals surface area contributed by atoms with Crippen molar-refractivity contribution in [1.82, 2.24) is 5.32 Å². The second-order valence-corrected chi connectivity index (χ2v) is 4.37. The number of rotatable bonds is 6. The van der Waals surface area contributed by atoms with E-state index in [4.69, 9.17) is 10.5 Å². The molecule has 106 valence electrons. The number of carbonyl (C=O) groups is 3. The van der Waals surface area contributed by atoms with E-state index in [1.165, 1.54) is 0 Å². The molecule has 7 nitrogen and oxygen atoms in total. The molecule has 1 heterocycles. The van der Waals surface area contributed by atoms with Crippen LogP contribution in [0.15, 0.2) is 18.2 Å². The predicted molar refractivity (Wildman–Crippen MR) is 71.1 cm³/mol. The van der Waals surface area contributed by atoms with Gasteiger partial charge in [0.2, 0.25) is 11.8 Å². The molecule has 0 aromatic heterocycles. The van der Waals surface area contributed by atoms with E-state index < -0.39 is 5.91 Å². The molecule has 0 spiro atoms. The number of anilines is 1. The van der Waals surface area contributed by atoms with E-state index in [0.717, 1.165) is 11.3 Å². The molecule has 1 aromatic rings. The maximum absolute atomic E-state index is 11.9. The second-order valence-electron chi connectivity index (χ2n) is 4.37. The Morgan fingerprint density at radius 3 is 2.95 bits per heavy atom. The number of hydrogen-bond acceptors (Lipinski definition) is 4. The lowest BCUT2D eigenvalue weighted by Gasteiger charge is -2.06. The normalized spacial score (nSPS) is 12.7. The average molecular weight is 277 g/mol. The summed E-state index contributed by atoms with van der Waals surface area (Å²) < 4.78 is 4.93. The van der Waals surface area contributed by atoms with Crippen molar-refractivity contribution >= 4 is 23.4 Å². The molecule has 1 aliphatic heterocycles. The predicted octanol–water partition coefficient (Wildman–Crippen LogP) is -0.587. The quantitative estimate of drug-likeness (QED) is 0.604. The fourth-order valence-electron chi connectivity index (χ4n) is 1.88. The van der Waals surface area contributed by atoms with Crippen molar-refractivity contribution in [3.63, 3.8) is 0 Å². The molecule has 1 aliphatic rings. The van der Waals surface area contributed by atoms with Gasteiger partial charge in [0.15, 0.2) is 0 Å². The molecule has 3 amide bonds. The van der Waals surface area contributed by atoms with E-state index in [1.54, 1.807) is 18.2 Å². The van der Waals surface area contributed by atoms with Gasteiger partial charge < -0.3 is 21.1 Å². The van der Waals surface area contributed by atoms with E-state index in [9.17, 15) is 14.4 Å². The van der Waals surface area contributed by atoms with Crippen LogP contribution in [0, 0.1) is 0 Å². The monoisotopic (exact) mass is 277 g/mol. The Morgan fingerprint density at radius 1 is 1.40 bits per heavy atom. The van der Waals surface area contributed by atoms with Gasteiger partial charge in [-0.2, -0.15) is 0 Å². The number of carbonyl (C=O) groups excluding carboxylic acids is 3. The first kappa shape index (κ1) is 14.0. The molecular weight excluding hydrogens is 262 g/mol. The summed E-state index contributed by atoms with van der Waals surface area (Å²) in [6.07, 6.45) is 0.290. The fraction of sp³-hybridized carbons (Fsp3) is 0.308. The van der Waals surface area contributed by atoms with Crippen molar-refractivity contribution in [2.75, 3.05) is 25.1 Å². The topological polar surface area (TPSA) is 111 Å². The molecule has 0 saturated heterocycles. The molecule has 0 unspecified atom stereocenters. The number of fused-ring (bicyclic) bond motifs is 1. The number of hydrogen-bond donors (Lipinski definition) is 3. The van der Waals surface area contributed by atoms with Gasteiger partial charge in [0, 0.05) is 17.8 Å².